The average Bonchev–Trinajstić information content (AvgIpc) is 3.28. The standard InChI is InChI=1S/C24H18N4O2S/c1-16-9-5-8-14-20(16)28-23(29)18-12-6-7-13-19(18)25-24(28)31-15-21-26-27-22(30-21)17-10-3-2-4-11-17/h2-14H,15H2,1H3. The molecule has 0 N–H and O–H groups in total. The summed E-state index contributed by atoms with van der Waals surface area (Å²) in [6, 6.07) is 24.8. The van der Waals surface area contributed by atoms with Crippen LogP contribution < -0.4 is 5.56 Å². The molecule has 0 bridgehead atoms. The maximum atomic E-state index is 13.4. The predicted molar refractivity (Wildman–Crippen MR) is 121 cm³/mol. The predicted octanol–water partition coefficient (Wildman–Crippen LogP) is 5.04. The third-order valence-corrected chi connectivity index (χ3v) is 5.84. The van der Waals surface area contributed by atoms with Crippen molar-refractivity contribution in [3.8, 4) is 17.1 Å². The van der Waals surface area contributed by atoms with Gasteiger partial charge in [0.1, 0.15) is 0 Å². The average molecular weight is 427 g/mol. The Hall–Kier alpha value is -3.71. The molecule has 0 aliphatic carbocycles. The molecule has 7 heteroatoms. The van der Waals surface area contributed by atoms with Crippen LogP contribution in [0.5, 0.6) is 0 Å². The van der Waals surface area contributed by atoms with Crippen molar-refractivity contribution in [3.63, 3.8) is 0 Å². The van der Waals surface area contributed by atoms with Gasteiger partial charge in [-0.05, 0) is 42.8 Å². The molecular formula is C24H18N4O2S. The lowest BCUT2D eigenvalue weighted by Crippen LogP contribution is -2.22. The lowest BCUT2D eigenvalue weighted by Gasteiger charge is -2.14. The van der Waals surface area contributed by atoms with E-state index < -0.39 is 0 Å². The van der Waals surface area contributed by atoms with E-state index in [0.29, 0.717) is 33.6 Å². The molecule has 3 aromatic carbocycles. The molecule has 0 saturated carbocycles. The molecule has 31 heavy (non-hydrogen) atoms. The summed E-state index contributed by atoms with van der Waals surface area (Å²) in [5, 5.41) is 9.47. The molecule has 6 nitrogen and oxygen atoms in total. The molecule has 0 atom stereocenters. The topological polar surface area (TPSA) is 73.8 Å². The number of nitrogens with zero attached hydrogens (tertiary/aromatic N) is 4. The maximum Gasteiger partial charge on any atom is 0.266 e. The van der Waals surface area contributed by atoms with Crippen molar-refractivity contribution in [2.45, 2.75) is 17.8 Å². The van der Waals surface area contributed by atoms with Crippen LogP contribution in [0.25, 0.3) is 28.0 Å². The van der Waals surface area contributed by atoms with E-state index in [1.165, 1.54) is 11.8 Å². The molecular weight excluding hydrogens is 408 g/mol. The smallest absolute Gasteiger partial charge is 0.266 e. The third kappa shape index (κ3) is 3.75. The molecule has 0 unspecified atom stereocenters. The number of hydrogen-bond acceptors (Lipinski definition) is 6. The Morgan fingerprint density at radius 1 is 0.903 bits per heavy atom. The van der Waals surface area contributed by atoms with Crippen LogP contribution in [0.2, 0.25) is 0 Å². The Bertz CT molecular complexity index is 1430. The number of hydrogen-bond donors (Lipinski definition) is 0. The largest absolute Gasteiger partial charge is 0.420 e. The highest BCUT2D eigenvalue weighted by molar-refractivity contribution is 7.98. The first-order valence-corrected chi connectivity index (χ1v) is 10.8. The lowest BCUT2D eigenvalue weighted by atomic mass is 10.2. The third-order valence-electron chi connectivity index (χ3n) is 4.91. The number of aryl methyl sites for hydroxylation is 1. The summed E-state index contributed by atoms with van der Waals surface area (Å²) in [5.41, 5.74) is 3.23. The highest BCUT2D eigenvalue weighted by atomic mass is 32.2. The second-order valence-corrected chi connectivity index (χ2v) is 7.94. The molecule has 5 aromatic rings. The summed E-state index contributed by atoms with van der Waals surface area (Å²) in [4.78, 5) is 18.1. The van der Waals surface area contributed by atoms with E-state index in [2.05, 4.69) is 10.2 Å². The highest BCUT2D eigenvalue weighted by Crippen LogP contribution is 2.26. The molecule has 0 fully saturated rings. The molecule has 152 valence electrons. The van der Waals surface area contributed by atoms with Gasteiger partial charge in [0.05, 0.1) is 22.3 Å². The van der Waals surface area contributed by atoms with Crippen LogP contribution in [0.1, 0.15) is 11.5 Å². The molecule has 2 heterocycles. The first-order valence-electron chi connectivity index (χ1n) is 9.79. The molecule has 0 saturated heterocycles. The van der Waals surface area contributed by atoms with Gasteiger partial charge in [-0.2, -0.15) is 0 Å². The van der Waals surface area contributed by atoms with Crippen LogP contribution in [0.15, 0.2) is 93.2 Å². The number of fused-ring (bicyclic) bond motifs is 1. The van der Waals surface area contributed by atoms with Crippen LogP contribution in [0.4, 0.5) is 0 Å². The lowest BCUT2D eigenvalue weighted by molar-refractivity contribution is 0.528. The fourth-order valence-electron chi connectivity index (χ4n) is 3.37. The van der Waals surface area contributed by atoms with Crippen molar-refractivity contribution in [1.82, 2.24) is 19.7 Å². The van der Waals surface area contributed by atoms with E-state index in [1.54, 1.807) is 10.6 Å². The molecule has 0 aliphatic heterocycles. The fourth-order valence-corrected chi connectivity index (χ4v) is 4.21. The Kier molecular flexibility index (Phi) is 5.09. The van der Waals surface area contributed by atoms with Crippen LogP contribution in [-0.2, 0) is 5.75 Å². The zero-order valence-corrected chi connectivity index (χ0v) is 17.5. The van der Waals surface area contributed by atoms with Crippen LogP contribution in [0.3, 0.4) is 0 Å². The van der Waals surface area contributed by atoms with Gasteiger partial charge in [0.15, 0.2) is 5.16 Å². The Morgan fingerprint density at radius 3 is 2.48 bits per heavy atom. The van der Waals surface area contributed by atoms with Gasteiger partial charge >= 0.3 is 0 Å². The summed E-state index contributed by atoms with van der Waals surface area (Å²) in [5.74, 6) is 1.35. The van der Waals surface area contributed by atoms with Gasteiger partial charge < -0.3 is 4.42 Å². The summed E-state index contributed by atoms with van der Waals surface area (Å²) in [6.45, 7) is 1.98. The molecule has 2 aromatic heterocycles. The van der Waals surface area contributed by atoms with Crippen molar-refractivity contribution >= 4 is 22.7 Å². The fraction of sp³-hybridized carbons (Fsp3) is 0.0833. The van der Waals surface area contributed by atoms with Gasteiger partial charge in [0.2, 0.25) is 11.8 Å². The van der Waals surface area contributed by atoms with Gasteiger partial charge in [-0.1, -0.05) is 60.3 Å². The summed E-state index contributed by atoms with van der Waals surface area (Å²) < 4.78 is 7.48. The Morgan fingerprint density at radius 2 is 1.65 bits per heavy atom. The van der Waals surface area contributed by atoms with Crippen molar-refractivity contribution in [2.75, 3.05) is 0 Å². The van der Waals surface area contributed by atoms with Crippen molar-refractivity contribution in [3.05, 3.63) is 101 Å². The molecule has 0 radical (unpaired) electrons. The normalized spacial score (nSPS) is 11.1. The maximum absolute atomic E-state index is 13.4. The van der Waals surface area contributed by atoms with Gasteiger partial charge in [-0.3, -0.25) is 9.36 Å². The van der Waals surface area contributed by atoms with E-state index >= 15 is 0 Å². The van der Waals surface area contributed by atoms with Crippen LogP contribution in [0, 0.1) is 6.92 Å². The highest BCUT2D eigenvalue weighted by Gasteiger charge is 2.16. The minimum absolute atomic E-state index is 0.0992. The SMILES string of the molecule is Cc1ccccc1-n1c(SCc2nnc(-c3ccccc3)o2)nc2ccccc2c1=O. The van der Waals surface area contributed by atoms with E-state index in [9.17, 15) is 4.79 Å². The zero-order valence-electron chi connectivity index (χ0n) is 16.7. The number of benzene rings is 3. The minimum Gasteiger partial charge on any atom is -0.420 e. The van der Waals surface area contributed by atoms with Gasteiger partial charge in [0.25, 0.3) is 5.56 Å². The quantitative estimate of drug-likeness (QED) is 0.290. The minimum atomic E-state index is -0.0992. The monoisotopic (exact) mass is 426 g/mol. The number of thioether (sulfide) groups is 1. The summed E-state index contributed by atoms with van der Waals surface area (Å²) in [6.07, 6.45) is 0. The molecule has 0 aliphatic rings. The Balaban J connectivity index is 1.54. The summed E-state index contributed by atoms with van der Waals surface area (Å²) >= 11 is 1.40. The number of aromatic nitrogens is 4. The van der Waals surface area contributed by atoms with Crippen molar-refractivity contribution < 1.29 is 4.42 Å². The second kappa shape index (κ2) is 8.20. The number of para-hydroxylation sites is 2. The van der Waals surface area contributed by atoms with E-state index in [-0.39, 0.29) is 5.56 Å². The Labute approximate surface area is 182 Å². The van der Waals surface area contributed by atoms with Gasteiger partial charge in [-0.15, -0.1) is 10.2 Å². The van der Waals surface area contributed by atoms with Gasteiger partial charge in [-0.25, -0.2) is 4.98 Å². The van der Waals surface area contributed by atoms with E-state index in [1.807, 2.05) is 79.7 Å². The van der Waals surface area contributed by atoms with Gasteiger partial charge in [0, 0.05) is 5.56 Å². The molecule has 0 amide bonds. The van der Waals surface area contributed by atoms with Crippen molar-refractivity contribution in [2.24, 2.45) is 0 Å². The van der Waals surface area contributed by atoms with Crippen LogP contribution in [-0.4, -0.2) is 19.7 Å². The zero-order chi connectivity index (χ0) is 21.2. The summed E-state index contributed by atoms with van der Waals surface area (Å²) in [7, 11) is 0. The van der Waals surface area contributed by atoms with E-state index in [0.717, 1.165) is 16.8 Å². The second-order valence-electron chi connectivity index (χ2n) is 6.99. The van der Waals surface area contributed by atoms with E-state index in [4.69, 9.17) is 9.40 Å². The molecule has 5 rings (SSSR count). The van der Waals surface area contributed by atoms with Crippen LogP contribution >= 0.6 is 11.8 Å². The molecule has 0 spiro atoms. The first-order chi connectivity index (χ1) is 15.2. The first kappa shape index (κ1) is 19.3. The number of rotatable bonds is 5. The van der Waals surface area contributed by atoms with Crippen molar-refractivity contribution in [1.29, 1.82) is 0 Å².